The van der Waals surface area contributed by atoms with Crippen molar-refractivity contribution in [2.24, 2.45) is 5.92 Å². The van der Waals surface area contributed by atoms with Crippen molar-refractivity contribution in [3.8, 4) is 0 Å². The van der Waals surface area contributed by atoms with E-state index in [1.807, 2.05) is 0 Å². The number of hydrogen-bond donors (Lipinski definition) is 0. The normalized spacial score (nSPS) is 29.8. The molecule has 0 spiro atoms. The molecule has 0 aromatic carbocycles. The Labute approximate surface area is 143 Å². The minimum absolute atomic E-state index is 0.0297. The van der Waals surface area contributed by atoms with Crippen molar-refractivity contribution in [2.45, 2.75) is 57.7 Å². The molecule has 2 amide bonds. The van der Waals surface area contributed by atoms with Crippen LogP contribution in [0.1, 0.15) is 40.0 Å². The third-order valence-corrected chi connectivity index (χ3v) is 6.74. The second kappa shape index (κ2) is 5.89. The summed E-state index contributed by atoms with van der Waals surface area (Å²) in [5, 5.41) is 0. The van der Waals surface area contributed by atoms with Crippen LogP contribution in [0.15, 0.2) is 0 Å². The highest BCUT2D eigenvalue weighted by molar-refractivity contribution is 7.91. The molecule has 1 aliphatic carbocycles. The van der Waals surface area contributed by atoms with Crippen LogP contribution >= 0.6 is 0 Å². The molecule has 0 radical (unpaired) electrons. The van der Waals surface area contributed by atoms with E-state index in [-0.39, 0.29) is 23.3 Å². The Bertz CT molecular complexity index is 635. The van der Waals surface area contributed by atoms with Crippen molar-refractivity contribution in [1.29, 1.82) is 0 Å². The van der Waals surface area contributed by atoms with Gasteiger partial charge in [0.05, 0.1) is 23.6 Å². The van der Waals surface area contributed by atoms with Gasteiger partial charge in [-0.25, -0.2) is 13.2 Å². The summed E-state index contributed by atoms with van der Waals surface area (Å²) >= 11 is 0. The molecule has 3 fully saturated rings. The quantitative estimate of drug-likeness (QED) is 0.699. The summed E-state index contributed by atoms with van der Waals surface area (Å²) < 4.78 is 29.7. The predicted octanol–water partition coefficient (Wildman–Crippen LogP) is 1.03. The minimum Gasteiger partial charge on any atom is -0.444 e. The zero-order chi connectivity index (χ0) is 17.7. The fraction of sp³-hybridized carbons (Fsp3) is 0.875. The van der Waals surface area contributed by atoms with Gasteiger partial charge in [0.25, 0.3) is 0 Å². The number of carbonyl (C=O) groups excluding carboxylic acids is 2. The molecule has 2 aliphatic heterocycles. The first-order valence-corrected chi connectivity index (χ1v) is 10.4. The Balaban J connectivity index is 1.79. The molecule has 0 bridgehead atoms. The predicted molar refractivity (Wildman–Crippen MR) is 88.2 cm³/mol. The number of sulfone groups is 1. The smallest absolute Gasteiger partial charge is 0.410 e. The lowest BCUT2D eigenvalue weighted by molar-refractivity contribution is -0.144. The molecule has 2 atom stereocenters. The number of nitrogens with zero attached hydrogens (tertiary/aromatic N) is 2. The zero-order valence-electron chi connectivity index (χ0n) is 14.5. The lowest BCUT2D eigenvalue weighted by Crippen LogP contribution is -2.63. The fourth-order valence-electron chi connectivity index (χ4n) is 3.66. The molecule has 3 rings (SSSR count). The van der Waals surface area contributed by atoms with Crippen LogP contribution < -0.4 is 0 Å². The van der Waals surface area contributed by atoms with E-state index in [2.05, 4.69) is 0 Å². The van der Waals surface area contributed by atoms with Gasteiger partial charge in [-0.3, -0.25) is 4.79 Å². The maximum Gasteiger partial charge on any atom is 0.410 e. The maximum atomic E-state index is 12.6. The number of carbonyl (C=O) groups is 2. The molecule has 0 aromatic heterocycles. The van der Waals surface area contributed by atoms with Gasteiger partial charge >= 0.3 is 6.09 Å². The van der Waals surface area contributed by atoms with Crippen LogP contribution in [0.5, 0.6) is 0 Å². The third kappa shape index (κ3) is 3.38. The van der Waals surface area contributed by atoms with Crippen LogP contribution in [0.2, 0.25) is 0 Å². The fourth-order valence-corrected chi connectivity index (χ4v) is 5.64. The Morgan fingerprint density at radius 3 is 2.04 bits per heavy atom. The Kier molecular flexibility index (Phi) is 4.30. The van der Waals surface area contributed by atoms with Gasteiger partial charge in [0, 0.05) is 19.0 Å². The Morgan fingerprint density at radius 2 is 1.54 bits per heavy atom. The molecule has 0 N–H and O–H groups in total. The van der Waals surface area contributed by atoms with Gasteiger partial charge in [-0.1, -0.05) is 6.42 Å². The highest BCUT2D eigenvalue weighted by Gasteiger charge is 2.51. The molecule has 1 saturated carbocycles. The van der Waals surface area contributed by atoms with Crippen molar-refractivity contribution in [3.05, 3.63) is 0 Å². The molecule has 3 aliphatic rings. The van der Waals surface area contributed by atoms with E-state index in [9.17, 15) is 18.0 Å². The average Bonchev–Trinajstić information content (AvgIpc) is 2.67. The monoisotopic (exact) mass is 358 g/mol. The molecule has 24 heavy (non-hydrogen) atoms. The summed E-state index contributed by atoms with van der Waals surface area (Å²) in [7, 11) is -3.26. The second-order valence-electron chi connectivity index (χ2n) is 8.04. The van der Waals surface area contributed by atoms with E-state index in [1.165, 1.54) is 4.90 Å². The summed E-state index contributed by atoms with van der Waals surface area (Å²) in [4.78, 5) is 28.3. The van der Waals surface area contributed by atoms with Crippen molar-refractivity contribution in [2.75, 3.05) is 24.6 Å². The van der Waals surface area contributed by atoms with E-state index in [0.717, 1.165) is 19.3 Å². The number of rotatable bonds is 1. The Hall–Kier alpha value is -1.31. The first kappa shape index (κ1) is 17.5. The average molecular weight is 358 g/mol. The van der Waals surface area contributed by atoms with Gasteiger partial charge in [-0.2, -0.15) is 0 Å². The number of amides is 2. The first-order chi connectivity index (χ1) is 11.1. The van der Waals surface area contributed by atoms with E-state index in [1.54, 1.807) is 25.7 Å². The number of hydrogen-bond acceptors (Lipinski definition) is 5. The molecule has 136 valence electrons. The molecule has 0 aromatic rings. The van der Waals surface area contributed by atoms with Crippen molar-refractivity contribution < 1.29 is 22.7 Å². The molecule has 2 heterocycles. The van der Waals surface area contributed by atoms with Gasteiger partial charge < -0.3 is 14.5 Å². The van der Waals surface area contributed by atoms with Crippen molar-refractivity contribution >= 4 is 21.8 Å². The van der Waals surface area contributed by atoms with Gasteiger partial charge in [0.15, 0.2) is 9.84 Å². The topological polar surface area (TPSA) is 84.0 Å². The van der Waals surface area contributed by atoms with Crippen LogP contribution in [0.25, 0.3) is 0 Å². The number of fused-ring (bicyclic) bond motifs is 1. The van der Waals surface area contributed by atoms with Crippen LogP contribution in [-0.2, 0) is 19.4 Å². The van der Waals surface area contributed by atoms with E-state index >= 15 is 0 Å². The lowest BCUT2D eigenvalue weighted by Gasteiger charge is -2.45. The highest BCUT2D eigenvalue weighted by Crippen LogP contribution is 2.33. The molecule has 8 heteroatoms. The largest absolute Gasteiger partial charge is 0.444 e. The van der Waals surface area contributed by atoms with E-state index in [0.29, 0.717) is 13.1 Å². The SMILES string of the molecule is CC(C)(C)OC(=O)N1CCN(C(=O)C2CCC2)[C@H]2CS(=O)(=O)C[C@H]21. The lowest BCUT2D eigenvalue weighted by atomic mass is 9.83. The summed E-state index contributed by atoms with van der Waals surface area (Å²) in [6.45, 7) is 6.05. The molecular formula is C16H26N2O5S. The summed E-state index contributed by atoms with van der Waals surface area (Å²) in [6, 6.07) is -0.938. The second-order valence-corrected chi connectivity index (χ2v) is 10.2. The van der Waals surface area contributed by atoms with Gasteiger partial charge in [0.1, 0.15) is 5.60 Å². The van der Waals surface area contributed by atoms with Gasteiger partial charge in [0.2, 0.25) is 5.91 Å². The van der Waals surface area contributed by atoms with Crippen molar-refractivity contribution in [3.63, 3.8) is 0 Å². The van der Waals surface area contributed by atoms with Gasteiger partial charge in [-0.05, 0) is 33.6 Å². The summed E-state index contributed by atoms with van der Waals surface area (Å²) in [5.41, 5.74) is -0.636. The summed E-state index contributed by atoms with van der Waals surface area (Å²) in [6.07, 6.45) is 2.33. The number of piperazine rings is 1. The van der Waals surface area contributed by atoms with E-state index in [4.69, 9.17) is 4.74 Å². The van der Waals surface area contributed by atoms with Crippen molar-refractivity contribution in [1.82, 2.24) is 9.80 Å². The number of ether oxygens (including phenoxy) is 1. The third-order valence-electron chi connectivity index (χ3n) is 5.04. The standard InChI is InChI=1S/C16H26N2O5S/c1-16(2,3)23-15(20)18-8-7-17(14(19)11-5-4-6-11)12-9-24(21,22)10-13(12)18/h11-13H,4-10H2,1-3H3/t12-,13+/m0/s1. The Morgan fingerprint density at radius 1 is 1.00 bits per heavy atom. The summed E-state index contributed by atoms with van der Waals surface area (Å²) in [5.74, 6) is -0.0694. The highest BCUT2D eigenvalue weighted by atomic mass is 32.2. The van der Waals surface area contributed by atoms with E-state index < -0.39 is 33.6 Å². The van der Waals surface area contributed by atoms with Crippen LogP contribution in [0.3, 0.4) is 0 Å². The maximum absolute atomic E-state index is 12.6. The molecular weight excluding hydrogens is 332 g/mol. The molecule has 7 nitrogen and oxygen atoms in total. The minimum atomic E-state index is -3.26. The van der Waals surface area contributed by atoms with Crippen LogP contribution in [-0.4, -0.2) is 72.5 Å². The van der Waals surface area contributed by atoms with Gasteiger partial charge in [-0.15, -0.1) is 0 Å². The first-order valence-electron chi connectivity index (χ1n) is 8.58. The van der Waals surface area contributed by atoms with Crippen LogP contribution in [0, 0.1) is 5.92 Å². The molecule has 2 saturated heterocycles. The zero-order valence-corrected chi connectivity index (χ0v) is 15.3. The molecule has 0 unspecified atom stereocenters. The van der Waals surface area contributed by atoms with Crippen LogP contribution in [0.4, 0.5) is 4.79 Å².